The van der Waals surface area contributed by atoms with Crippen molar-refractivity contribution in [2.75, 3.05) is 26.2 Å². The first-order valence-electron chi connectivity index (χ1n) is 7.43. The van der Waals surface area contributed by atoms with Crippen molar-refractivity contribution in [3.05, 3.63) is 0 Å². The van der Waals surface area contributed by atoms with Crippen LogP contribution >= 0.6 is 0 Å². The van der Waals surface area contributed by atoms with Gasteiger partial charge in [-0.3, -0.25) is 14.9 Å². The number of hydrogen-bond acceptors (Lipinski definition) is 5. The normalized spacial score (nSPS) is 28.0. The third-order valence-corrected chi connectivity index (χ3v) is 4.72. The van der Waals surface area contributed by atoms with Crippen molar-refractivity contribution in [3.8, 4) is 6.07 Å². The van der Waals surface area contributed by atoms with E-state index in [0.29, 0.717) is 32.1 Å². The highest BCUT2D eigenvalue weighted by molar-refractivity contribution is 6.02. The molecular formula is C14H19N5O2. The highest BCUT2D eigenvalue weighted by Gasteiger charge is 2.49. The van der Waals surface area contributed by atoms with E-state index in [2.05, 4.69) is 11.4 Å². The minimum absolute atomic E-state index is 0.234. The van der Waals surface area contributed by atoms with Crippen LogP contribution in [-0.2, 0) is 9.59 Å². The molecule has 0 aromatic carbocycles. The number of hydrogen-bond donors (Lipinski definition) is 1. The van der Waals surface area contributed by atoms with E-state index in [1.165, 1.54) is 0 Å². The smallest absolute Gasteiger partial charge is 0.246 e. The van der Waals surface area contributed by atoms with Gasteiger partial charge in [0, 0.05) is 26.2 Å². The predicted octanol–water partition coefficient (Wildman–Crippen LogP) is -0.301. The summed E-state index contributed by atoms with van der Waals surface area (Å²) >= 11 is 0. The van der Waals surface area contributed by atoms with Crippen molar-refractivity contribution in [1.82, 2.24) is 15.1 Å². The van der Waals surface area contributed by atoms with E-state index in [0.717, 1.165) is 32.1 Å². The molecule has 112 valence electrons. The van der Waals surface area contributed by atoms with E-state index < -0.39 is 11.5 Å². The molecule has 0 radical (unpaired) electrons. The van der Waals surface area contributed by atoms with Crippen LogP contribution in [0.25, 0.3) is 0 Å². The number of amides is 2. The standard InChI is InChI=1S/C14H19N5O2/c15-9-11-12(21)16-13(17-14(11)3-1-2-4-14)19-7-5-18(10-20)6-8-19/h10-11H,1-8H2,(H,16,17,21)/t11-/m1/s1. The number of piperazine rings is 1. The topological polar surface area (TPSA) is 88.8 Å². The lowest BCUT2D eigenvalue weighted by Crippen LogP contribution is -2.59. The number of nitriles is 1. The van der Waals surface area contributed by atoms with Gasteiger partial charge in [0.25, 0.3) is 0 Å². The van der Waals surface area contributed by atoms with Crippen molar-refractivity contribution in [3.63, 3.8) is 0 Å². The number of rotatable bonds is 1. The van der Waals surface area contributed by atoms with Gasteiger partial charge in [-0.15, -0.1) is 0 Å². The van der Waals surface area contributed by atoms with Crippen LogP contribution in [0.1, 0.15) is 25.7 Å². The van der Waals surface area contributed by atoms with Crippen LogP contribution in [-0.4, -0.2) is 59.8 Å². The number of carbonyl (C=O) groups is 2. The maximum absolute atomic E-state index is 12.3. The Kier molecular flexibility index (Phi) is 3.53. The zero-order valence-corrected chi connectivity index (χ0v) is 11.9. The zero-order chi connectivity index (χ0) is 14.9. The van der Waals surface area contributed by atoms with Gasteiger partial charge in [0.2, 0.25) is 18.3 Å². The van der Waals surface area contributed by atoms with Gasteiger partial charge in [-0.2, -0.15) is 5.26 Å². The molecule has 1 saturated heterocycles. The lowest BCUT2D eigenvalue weighted by Gasteiger charge is -2.40. The molecule has 0 unspecified atom stereocenters. The molecule has 1 atom stereocenters. The number of nitrogens with zero attached hydrogens (tertiary/aromatic N) is 4. The summed E-state index contributed by atoms with van der Waals surface area (Å²) in [6.45, 7) is 2.58. The molecule has 2 heterocycles. The average Bonchev–Trinajstić information content (AvgIpc) is 2.96. The number of guanidine groups is 1. The average molecular weight is 289 g/mol. The molecule has 3 rings (SSSR count). The van der Waals surface area contributed by atoms with Gasteiger partial charge in [0.15, 0.2) is 5.92 Å². The summed E-state index contributed by atoms with van der Waals surface area (Å²) in [5.74, 6) is -0.332. The minimum Gasteiger partial charge on any atom is -0.342 e. The summed E-state index contributed by atoms with van der Waals surface area (Å²) in [5.41, 5.74) is -0.534. The summed E-state index contributed by atoms with van der Waals surface area (Å²) in [4.78, 5) is 31.5. The Hall–Kier alpha value is -2.10. The van der Waals surface area contributed by atoms with Crippen LogP contribution in [0.15, 0.2) is 4.99 Å². The molecule has 0 aromatic heterocycles. The fourth-order valence-electron chi connectivity index (χ4n) is 3.49. The first kappa shape index (κ1) is 13.9. The molecular weight excluding hydrogens is 270 g/mol. The molecule has 21 heavy (non-hydrogen) atoms. The first-order valence-corrected chi connectivity index (χ1v) is 7.43. The fourth-order valence-corrected chi connectivity index (χ4v) is 3.49. The highest BCUT2D eigenvalue weighted by Crippen LogP contribution is 2.41. The zero-order valence-electron chi connectivity index (χ0n) is 11.9. The molecule has 1 saturated carbocycles. The second-order valence-corrected chi connectivity index (χ2v) is 5.93. The number of nitrogens with one attached hydrogen (secondary N) is 1. The first-order chi connectivity index (χ1) is 10.2. The lowest BCUT2D eigenvalue weighted by atomic mass is 9.82. The van der Waals surface area contributed by atoms with Crippen molar-refractivity contribution in [2.24, 2.45) is 10.9 Å². The van der Waals surface area contributed by atoms with Gasteiger partial charge in [0.1, 0.15) is 0 Å². The van der Waals surface area contributed by atoms with Crippen molar-refractivity contribution >= 4 is 18.3 Å². The van der Waals surface area contributed by atoms with E-state index in [9.17, 15) is 14.9 Å². The van der Waals surface area contributed by atoms with Gasteiger partial charge >= 0.3 is 0 Å². The quantitative estimate of drug-likeness (QED) is 0.671. The third-order valence-electron chi connectivity index (χ3n) is 4.72. The summed E-state index contributed by atoms with van der Waals surface area (Å²) in [7, 11) is 0. The van der Waals surface area contributed by atoms with Crippen molar-refractivity contribution in [2.45, 2.75) is 31.2 Å². The summed E-state index contributed by atoms with van der Waals surface area (Å²) in [5, 5.41) is 12.1. The Bertz CT molecular complexity index is 510. The molecule has 2 fully saturated rings. The van der Waals surface area contributed by atoms with Crippen LogP contribution in [0.4, 0.5) is 0 Å². The van der Waals surface area contributed by atoms with Crippen molar-refractivity contribution < 1.29 is 9.59 Å². The molecule has 3 aliphatic rings. The maximum atomic E-state index is 12.3. The number of carbonyl (C=O) groups excluding carboxylic acids is 2. The van der Waals surface area contributed by atoms with E-state index in [4.69, 9.17) is 4.99 Å². The second-order valence-electron chi connectivity index (χ2n) is 5.93. The molecule has 1 aliphatic carbocycles. The summed E-state index contributed by atoms with van der Waals surface area (Å²) in [6.07, 6.45) is 4.48. The monoisotopic (exact) mass is 289 g/mol. The second kappa shape index (κ2) is 5.35. The van der Waals surface area contributed by atoms with Gasteiger partial charge in [-0.25, -0.2) is 4.99 Å². The Morgan fingerprint density at radius 1 is 1.29 bits per heavy atom. The fraction of sp³-hybridized carbons (Fsp3) is 0.714. The van der Waals surface area contributed by atoms with Gasteiger partial charge in [0.05, 0.1) is 11.6 Å². The lowest BCUT2D eigenvalue weighted by molar-refractivity contribution is -0.125. The SMILES string of the molecule is N#C[C@@H]1C(=O)NC(N2CCN(C=O)CC2)=NC12CCCC2. The van der Waals surface area contributed by atoms with E-state index in [1.54, 1.807) is 4.90 Å². The van der Waals surface area contributed by atoms with Crippen LogP contribution in [0.3, 0.4) is 0 Å². The molecule has 7 heteroatoms. The molecule has 2 aliphatic heterocycles. The molecule has 7 nitrogen and oxygen atoms in total. The van der Waals surface area contributed by atoms with E-state index >= 15 is 0 Å². The highest BCUT2D eigenvalue weighted by atomic mass is 16.2. The molecule has 2 amide bonds. The maximum Gasteiger partial charge on any atom is 0.246 e. The van der Waals surface area contributed by atoms with Crippen LogP contribution in [0.2, 0.25) is 0 Å². The Balaban J connectivity index is 1.83. The Labute approximate surface area is 123 Å². The number of aliphatic imine (C=N–C) groups is 1. The molecule has 1 spiro atoms. The van der Waals surface area contributed by atoms with E-state index in [1.807, 2.05) is 4.90 Å². The van der Waals surface area contributed by atoms with Crippen LogP contribution < -0.4 is 5.32 Å². The summed E-state index contributed by atoms with van der Waals surface area (Å²) < 4.78 is 0. The summed E-state index contributed by atoms with van der Waals surface area (Å²) in [6, 6.07) is 2.13. The van der Waals surface area contributed by atoms with Gasteiger partial charge in [-0.1, -0.05) is 12.8 Å². The van der Waals surface area contributed by atoms with Gasteiger partial charge < -0.3 is 9.80 Å². The van der Waals surface area contributed by atoms with Crippen LogP contribution in [0.5, 0.6) is 0 Å². The predicted molar refractivity (Wildman–Crippen MR) is 75.1 cm³/mol. The van der Waals surface area contributed by atoms with Crippen LogP contribution in [0, 0.1) is 17.2 Å². The molecule has 0 bridgehead atoms. The minimum atomic E-state index is -0.681. The Morgan fingerprint density at radius 3 is 2.52 bits per heavy atom. The molecule has 0 aromatic rings. The van der Waals surface area contributed by atoms with Gasteiger partial charge in [-0.05, 0) is 12.8 Å². The third kappa shape index (κ3) is 2.35. The van der Waals surface area contributed by atoms with Crippen molar-refractivity contribution in [1.29, 1.82) is 5.26 Å². The van der Waals surface area contributed by atoms with E-state index in [-0.39, 0.29) is 5.91 Å². The Morgan fingerprint density at radius 2 is 1.95 bits per heavy atom. The largest absolute Gasteiger partial charge is 0.342 e. The molecule has 1 N–H and O–H groups in total.